The van der Waals surface area contributed by atoms with E-state index >= 15 is 0 Å². The fraction of sp³-hybridized carbons (Fsp3) is 0.526. The van der Waals surface area contributed by atoms with Gasteiger partial charge in [-0.25, -0.2) is 0 Å². The van der Waals surface area contributed by atoms with E-state index in [9.17, 15) is 4.79 Å². The average Bonchev–Trinajstić information content (AvgIpc) is 2.47. The minimum atomic E-state index is -0.0492. The average molecular weight is 290 g/mol. The lowest BCUT2D eigenvalue weighted by Crippen LogP contribution is -2.02. The summed E-state index contributed by atoms with van der Waals surface area (Å²) in [6, 6.07) is 0. The molecule has 0 aliphatic carbocycles. The number of ketones is 1. The molecule has 0 aliphatic heterocycles. The van der Waals surface area contributed by atoms with Crippen LogP contribution in [0, 0.1) is 0 Å². The number of rotatable bonds is 13. The van der Waals surface area contributed by atoms with Crippen LogP contribution in [0.5, 0.6) is 0 Å². The third kappa shape index (κ3) is 9.89. The zero-order chi connectivity index (χ0) is 15.9. The maximum Gasteiger partial charge on any atom is 0.163 e. The molecule has 0 radical (unpaired) electrons. The molecule has 0 fully saturated rings. The number of unbranched alkanes of at least 4 members (excludes halogenated alkanes) is 5. The zero-order valence-electron chi connectivity index (χ0n) is 13.7. The Morgan fingerprint density at radius 1 is 1.00 bits per heavy atom. The second-order valence-electron chi connectivity index (χ2n) is 5.05. The standard InChI is InChI=1S/C19H30O2/c1-5-8-9-10-11-12-13-14-15-16-21-19(7-3)18(6-2)17(4)20/h6-7,12-13H,2-3,5,8-11,14-16H2,1,4H3/b13-12-,19-18-. The zero-order valence-corrected chi connectivity index (χ0v) is 13.7. The lowest BCUT2D eigenvalue weighted by Gasteiger charge is -2.08. The Morgan fingerprint density at radius 3 is 2.19 bits per heavy atom. The number of hydrogen-bond donors (Lipinski definition) is 0. The molecule has 0 spiro atoms. The molecule has 0 aromatic rings. The molecular formula is C19H30O2. The van der Waals surface area contributed by atoms with E-state index in [0.717, 1.165) is 12.8 Å². The van der Waals surface area contributed by atoms with Gasteiger partial charge in [0.25, 0.3) is 0 Å². The summed E-state index contributed by atoms with van der Waals surface area (Å²) >= 11 is 0. The van der Waals surface area contributed by atoms with Gasteiger partial charge in [-0.2, -0.15) is 0 Å². The predicted molar refractivity (Wildman–Crippen MR) is 91.2 cm³/mol. The largest absolute Gasteiger partial charge is 0.493 e. The Morgan fingerprint density at radius 2 is 1.67 bits per heavy atom. The van der Waals surface area contributed by atoms with Crippen LogP contribution in [-0.4, -0.2) is 12.4 Å². The highest BCUT2D eigenvalue weighted by Gasteiger charge is 2.06. The van der Waals surface area contributed by atoms with Gasteiger partial charge in [-0.05, 0) is 38.7 Å². The number of ether oxygens (including phenoxy) is 1. The molecule has 0 saturated heterocycles. The molecule has 0 saturated carbocycles. The van der Waals surface area contributed by atoms with Gasteiger partial charge in [0.1, 0.15) is 5.76 Å². The number of allylic oxidation sites excluding steroid dienone is 5. The minimum absolute atomic E-state index is 0.0492. The van der Waals surface area contributed by atoms with Crippen LogP contribution in [0.4, 0.5) is 0 Å². The second-order valence-corrected chi connectivity index (χ2v) is 5.05. The summed E-state index contributed by atoms with van der Waals surface area (Å²) in [7, 11) is 0. The smallest absolute Gasteiger partial charge is 0.163 e. The topological polar surface area (TPSA) is 26.3 Å². The van der Waals surface area contributed by atoms with Crippen molar-refractivity contribution in [1.82, 2.24) is 0 Å². The van der Waals surface area contributed by atoms with Crippen molar-refractivity contribution in [3.63, 3.8) is 0 Å². The highest BCUT2D eigenvalue weighted by Crippen LogP contribution is 2.11. The molecule has 0 aliphatic rings. The highest BCUT2D eigenvalue weighted by molar-refractivity contribution is 5.96. The van der Waals surface area contributed by atoms with Gasteiger partial charge < -0.3 is 4.74 Å². The van der Waals surface area contributed by atoms with Gasteiger partial charge in [0.05, 0.1) is 12.2 Å². The van der Waals surface area contributed by atoms with Crippen LogP contribution in [-0.2, 0) is 9.53 Å². The van der Waals surface area contributed by atoms with Crippen molar-refractivity contribution in [3.8, 4) is 0 Å². The van der Waals surface area contributed by atoms with Gasteiger partial charge in [-0.1, -0.05) is 57.6 Å². The molecule has 21 heavy (non-hydrogen) atoms. The molecule has 2 nitrogen and oxygen atoms in total. The lowest BCUT2D eigenvalue weighted by molar-refractivity contribution is -0.113. The molecule has 0 rings (SSSR count). The number of carbonyl (C=O) groups excluding carboxylic acids is 1. The quantitative estimate of drug-likeness (QED) is 0.147. The van der Waals surface area contributed by atoms with Crippen molar-refractivity contribution < 1.29 is 9.53 Å². The molecule has 0 aromatic heterocycles. The van der Waals surface area contributed by atoms with Crippen LogP contribution >= 0.6 is 0 Å². The molecule has 0 bridgehead atoms. The van der Waals surface area contributed by atoms with Crippen LogP contribution in [0.25, 0.3) is 0 Å². The first kappa shape index (κ1) is 19.4. The van der Waals surface area contributed by atoms with Gasteiger partial charge in [0.15, 0.2) is 5.78 Å². The summed E-state index contributed by atoms with van der Waals surface area (Å²) in [6.45, 7) is 11.6. The van der Waals surface area contributed by atoms with Crippen molar-refractivity contribution in [1.29, 1.82) is 0 Å². The van der Waals surface area contributed by atoms with Gasteiger partial charge in [-0.15, -0.1) is 0 Å². The molecule has 0 N–H and O–H groups in total. The minimum Gasteiger partial charge on any atom is -0.493 e. The SMILES string of the molecule is C=C/C(OCCC/C=C\CCCCCC)=C(\C=C)C(C)=O. The fourth-order valence-electron chi connectivity index (χ4n) is 1.97. The van der Waals surface area contributed by atoms with Crippen molar-refractivity contribution in [2.75, 3.05) is 6.61 Å². The van der Waals surface area contributed by atoms with Crippen LogP contribution < -0.4 is 0 Å². The fourth-order valence-corrected chi connectivity index (χ4v) is 1.97. The summed E-state index contributed by atoms with van der Waals surface area (Å²) < 4.78 is 5.60. The van der Waals surface area contributed by atoms with Crippen molar-refractivity contribution in [2.45, 2.75) is 58.8 Å². The number of hydrogen-bond acceptors (Lipinski definition) is 2. The Bertz CT molecular complexity index is 375. The Labute approximate surface area is 130 Å². The lowest BCUT2D eigenvalue weighted by atomic mass is 10.1. The third-order valence-corrected chi connectivity index (χ3v) is 3.20. The highest BCUT2D eigenvalue weighted by atomic mass is 16.5. The van der Waals surface area contributed by atoms with Crippen molar-refractivity contribution in [3.05, 3.63) is 48.8 Å². The van der Waals surface area contributed by atoms with E-state index in [2.05, 4.69) is 32.2 Å². The van der Waals surface area contributed by atoms with E-state index in [0.29, 0.717) is 17.9 Å². The Hall–Kier alpha value is -1.57. The summed E-state index contributed by atoms with van der Waals surface area (Å²) in [6.07, 6.45) is 15.9. The summed E-state index contributed by atoms with van der Waals surface area (Å²) in [5, 5.41) is 0. The molecule has 0 heterocycles. The van der Waals surface area contributed by atoms with E-state index in [1.54, 1.807) is 6.08 Å². The van der Waals surface area contributed by atoms with Gasteiger partial charge in [0.2, 0.25) is 0 Å². The summed E-state index contributed by atoms with van der Waals surface area (Å²) in [5.74, 6) is 0.480. The van der Waals surface area contributed by atoms with Crippen LogP contribution in [0.1, 0.15) is 58.8 Å². The number of carbonyl (C=O) groups is 1. The van der Waals surface area contributed by atoms with E-state index in [-0.39, 0.29) is 5.78 Å². The monoisotopic (exact) mass is 290 g/mol. The maximum absolute atomic E-state index is 11.4. The van der Waals surface area contributed by atoms with Gasteiger partial charge in [-0.3, -0.25) is 4.79 Å². The van der Waals surface area contributed by atoms with Gasteiger partial charge >= 0.3 is 0 Å². The van der Waals surface area contributed by atoms with Crippen LogP contribution in [0.3, 0.4) is 0 Å². The molecule has 118 valence electrons. The van der Waals surface area contributed by atoms with Crippen molar-refractivity contribution >= 4 is 5.78 Å². The second kappa shape index (κ2) is 13.4. The molecule has 2 heteroatoms. The molecule has 0 aromatic carbocycles. The predicted octanol–water partition coefficient (Wildman–Crippen LogP) is 5.52. The van der Waals surface area contributed by atoms with Crippen molar-refractivity contribution in [2.24, 2.45) is 0 Å². The first-order chi connectivity index (χ1) is 10.2. The Kier molecular flexibility index (Phi) is 12.4. The van der Waals surface area contributed by atoms with E-state index in [4.69, 9.17) is 4.74 Å². The third-order valence-electron chi connectivity index (χ3n) is 3.20. The molecule has 0 amide bonds. The first-order valence-electron chi connectivity index (χ1n) is 7.95. The Balaban J connectivity index is 3.88. The van der Waals surface area contributed by atoms with E-state index in [1.165, 1.54) is 45.1 Å². The van der Waals surface area contributed by atoms with Gasteiger partial charge in [0, 0.05) is 0 Å². The molecule has 0 atom stereocenters. The maximum atomic E-state index is 11.4. The van der Waals surface area contributed by atoms with Crippen LogP contribution in [0.15, 0.2) is 48.8 Å². The molecular weight excluding hydrogens is 260 g/mol. The summed E-state index contributed by atoms with van der Waals surface area (Å²) in [4.78, 5) is 11.4. The normalized spacial score (nSPS) is 12.1. The van der Waals surface area contributed by atoms with E-state index < -0.39 is 0 Å². The molecule has 0 unspecified atom stereocenters. The van der Waals surface area contributed by atoms with Crippen LogP contribution in [0.2, 0.25) is 0 Å². The number of Topliss-reactive ketones (excluding diaryl/α,β-unsaturated/α-hetero) is 1. The first-order valence-corrected chi connectivity index (χ1v) is 7.95. The van der Waals surface area contributed by atoms with E-state index in [1.807, 2.05) is 0 Å². The summed E-state index contributed by atoms with van der Waals surface area (Å²) in [5.41, 5.74) is 0.497.